The van der Waals surface area contributed by atoms with E-state index < -0.39 is 0 Å². The molecule has 0 atom stereocenters. The van der Waals surface area contributed by atoms with Crippen molar-refractivity contribution < 1.29 is 4.74 Å². The summed E-state index contributed by atoms with van der Waals surface area (Å²) in [4.78, 5) is 2.48. The molecular weight excluding hydrogens is 260 g/mol. The lowest BCUT2D eigenvalue weighted by molar-refractivity contribution is 0.0342. The van der Waals surface area contributed by atoms with E-state index in [4.69, 9.17) is 4.74 Å². The van der Waals surface area contributed by atoms with E-state index in [0.29, 0.717) is 0 Å². The highest BCUT2D eigenvalue weighted by atomic mass is 16.5. The molecule has 0 radical (unpaired) electrons. The molecular formula is C18H28N2O. The van der Waals surface area contributed by atoms with Crippen molar-refractivity contribution in [1.82, 2.24) is 10.2 Å². The van der Waals surface area contributed by atoms with Gasteiger partial charge in [0.2, 0.25) is 0 Å². The summed E-state index contributed by atoms with van der Waals surface area (Å²) in [5, 5.41) is 3.41. The lowest BCUT2D eigenvalue weighted by Gasteiger charge is -2.29. The predicted octanol–water partition coefficient (Wildman–Crippen LogP) is 2.76. The maximum atomic E-state index is 5.41. The van der Waals surface area contributed by atoms with E-state index in [1.807, 2.05) is 0 Å². The minimum absolute atomic E-state index is 0.738. The van der Waals surface area contributed by atoms with Gasteiger partial charge in [0.1, 0.15) is 0 Å². The van der Waals surface area contributed by atoms with E-state index in [0.717, 1.165) is 44.8 Å². The molecule has 1 N–H and O–H groups in total. The second kappa shape index (κ2) is 7.39. The van der Waals surface area contributed by atoms with Crippen LogP contribution in [0.1, 0.15) is 42.7 Å². The fourth-order valence-corrected chi connectivity index (χ4v) is 3.63. The number of benzene rings is 1. The summed E-state index contributed by atoms with van der Waals surface area (Å²) in [6.07, 6.45) is 5.29. The molecule has 0 unspecified atom stereocenters. The van der Waals surface area contributed by atoms with Crippen LogP contribution in [-0.2, 0) is 11.3 Å². The van der Waals surface area contributed by atoms with Gasteiger partial charge in [-0.15, -0.1) is 0 Å². The monoisotopic (exact) mass is 288 g/mol. The molecule has 2 fully saturated rings. The maximum absolute atomic E-state index is 5.41. The highest BCUT2D eigenvalue weighted by molar-refractivity contribution is 5.26. The third-order valence-corrected chi connectivity index (χ3v) is 5.10. The Morgan fingerprint density at radius 2 is 1.71 bits per heavy atom. The fourth-order valence-electron chi connectivity index (χ4n) is 3.63. The van der Waals surface area contributed by atoms with Gasteiger partial charge in [-0.25, -0.2) is 0 Å². The van der Waals surface area contributed by atoms with E-state index in [-0.39, 0.29) is 0 Å². The van der Waals surface area contributed by atoms with Crippen molar-refractivity contribution in [2.45, 2.75) is 44.2 Å². The van der Waals surface area contributed by atoms with Gasteiger partial charge >= 0.3 is 0 Å². The quantitative estimate of drug-likeness (QED) is 0.922. The van der Waals surface area contributed by atoms with Crippen LogP contribution in [0, 0.1) is 0 Å². The molecule has 1 aromatic rings. The van der Waals surface area contributed by atoms with Crippen molar-refractivity contribution >= 4 is 0 Å². The number of ether oxygens (including phenoxy) is 1. The molecule has 0 spiro atoms. The number of morpholine rings is 1. The second-order valence-electron chi connectivity index (χ2n) is 6.47. The second-order valence-corrected chi connectivity index (χ2v) is 6.47. The Hall–Kier alpha value is -0.900. The van der Waals surface area contributed by atoms with Gasteiger partial charge in [-0.1, -0.05) is 24.3 Å². The van der Waals surface area contributed by atoms with Gasteiger partial charge in [0, 0.05) is 25.7 Å². The molecule has 2 aliphatic rings. The average molecular weight is 288 g/mol. The molecule has 116 valence electrons. The zero-order chi connectivity index (χ0) is 14.5. The SMILES string of the molecule is CNC1CCC(c2ccc(CN3CCOCC3)cc2)CC1. The fraction of sp³-hybridized carbons (Fsp3) is 0.667. The van der Waals surface area contributed by atoms with Crippen molar-refractivity contribution in [2.24, 2.45) is 0 Å². The van der Waals surface area contributed by atoms with Crippen LogP contribution in [0.5, 0.6) is 0 Å². The number of hydrogen-bond donors (Lipinski definition) is 1. The Morgan fingerprint density at radius 3 is 2.33 bits per heavy atom. The number of hydrogen-bond acceptors (Lipinski definition) is 3. The molecule has 3 rings (SSSR count). The Labute approximate surface area is 128 Å². The highest BCUT2D eigenvalue weighted by Crippen LogP contribution is 2.32. The Bertz CT molecular complexity index is 417. The zero-order valence-corrected chi connectivity index (χ0v) is 13.2. The van der Waals surface area contributed by atoms with Crippen LogP contribution >= 0.6 is 0 Å². The molecule has 3 nitrogen and oxygen atoms in total. The van der Waals surface area contributed by atoms with E-state index >= 15 is 0 Å². The molecule has 21 heavy (non-hydrogen) atoms. The van der Waals surface area contributed by atoms with Crippen molar-refractivity contribution in [1.29, 1.82) is 0 Å². The van der Waals surface area contributed by atoms with Gasteiger partial charge in [0.15, 0.2) is 0 Å². The topological polar surface area (TPSA) is 24.5 Å². The van der Waals surface area contributed by atoms with Gasteiger partial charge in [-0.2, -0.15) is 0 Å². The summed E-state index contributed by atoms with van der Waals surface area (Å²) in [6, 6.07) is 10.1. The standard InChI is InChI=1S/C18H28N2O/c1-19-18-8-6-17(7-9-18)16-4-2-15(3-5-16)14-20-10-12-21-13-11-20/h2-5,17-19H,6-14H2,1H3. The zero-order valence-electron chi connectivity index (χ0n) is 13.2. The van der Waals surface area contributed by atoms with Gasteiger partial charge in [-0.3, -0.25) is 4.90 Å². The highest BCUT2D eigenvalue weighted by Gasteiger charge is 2.21. The number of rotatable bonds is 4. The van der Waals surface area contributed by atoms with Gasteiger partial charge < -0.3 is 10.1 Å². The molecule has 1 aliphatic carbocycles. The third kappa shape index (κ3) is 4.06. The number of nitrogens with one attached hydrogen (secondary N) is 1. The van der Waals surface area contributed by atoms with Gasteiger partial charge in [0.05, 0.1) is 13.2 Å². The van der Waals surface area contributed by atoms with E-state index in [9.17, 15) is 0 Å². The first-order valence-electron chi connectivity index (χ1n) is 8.41. The summed E-state index contributed by atoms with van der Waals surface area (Å²) in [5.74, 6) is 0.770. The van der Waals surface area contributed by atoms with Crippen LogP contribution in [0.2, 0.25) is 0 Å². The molecule has 1 saturated heterocycles. The first-order chi connectivity index (χ1) is 10.3. The third-order valence-electron chi connectivity index (χ3n) is 5.10. The summed E-state index contributed by atoms with van der Waals surface area (Å²) in [7, 11) is 2.09. The Balaban J connectivity index is 1.54. The molecule has 1 aromatic carbocycles. The average Bonchev–Trinajstić information content (AvgIpc) is 2.57. The molecule has 0 amide bonds. The molecule has 1 aliphatic heterocycles. The lowest BCUT2D eigenvalue weighted by Crippen LogP contribution is -2.35. The lowest BCUT2D eigenvalue weighted by atomic mass is 9.81. The smallest absolute Gasteiger partial charge is 0.0594 e. The first kappa shape index (κ1) is 15.0. The predicted molar refractivity (Wildman–Crippen MR) is 86.6 cm³/mol. The summed E-state index contributed by atoms with van der Waals surface area (Å²) < 4.78 is 5.41. The van der Waals surface area contributed by atoms with Gasteiger partial charge in [0.25, 0.3) is 0 Å². The van der Waals surface area contributed by atoms with Crippen molar-refractivity contribution in [2.75, 3.05) is 33.4 Å². The van der Waals surface area contributed by atoms with Crippen LogP contribution in [0.25, 0.3) is 0 Å². The minimum Gasteiger partial charge on any atom is -0.379 e. The molecule has 1 saturated carbocycles. The first-order valence-corrected chi connectivity index (χ1v) is 8.41. The minimum atomic E-state index is 0.738. The van der Waals surface area contributed by atoms with Crippen LogP contribution in [-0.4, -0.2) is 44.3 Å². The van der Waals surface area contributed by atoms with Gasteiger partial charge in [-0.05, 0) is 49.8 Å². The Morgan fingerprint density at radius 1 is 1.05 bits per heavy atom. The molecule has 0 bridgehead atoms. The summed E-state index contributed by atoms with van der Waals surface area (Å²) in [6.45, 7) is 4.96. The number of nitrogens with zero attached hydrogens (tertiary/aromatic N) is 1. The van der Waals surface area contributed by atoms with Crippen molar-refractivity contribution in [3.63, 3.8) is 0 Å². The van der Waals surface area contributed by atoms with E-state index in [1.54, 1.807) is 0 Å². The Kier molecular flexibility index (Phi) is 5.28. The molecule has 0 aromatic heterocycles. The van der Waals surface area contributed by atoms with Crippen LogP contribution in [0.15, 0.2) is 24.3 Å². The van der Waals surface area contributed by atoms with E-state index in [1.165, 1.54) is 36.8 Å². The summed E-state index contributed by atoms with van der Waals surface area (Å²) in [5.41, 5.74) is 2.97. The maximum Gasteiger partial charge on any atom is 0.0594 e. The van der Waals surface area contributed by atoms with Crippen molar-refractivity contribution in [3.8, 4) is 0 Å². The van der Waals surface area contributed by atoms with E-state index in [2.05, 4.69) is 41.5 Å². The van der Waals surface area contributed by atoms with Crippen molar-refractivity contribution in [3.05, 3.63) is 35.4 Å². The van der Waals surface area contributed by atoms with Crippen LogP contribution in [0.3, 0.4) is 0 Å². The van der Waals surface area contributed by atoms with Crippen LogP contribution < -0.4 is 5.32 Å². The van der Waals surface area contributed by atoms with Crippen LogP contribution in [0.4, 0.5) is 0 Å². The normalized spacial score (nSPS) is 27.7. The summed E-state index contributed by atoms with van der Waals surface area (Å²) >= 11 is 0. The molecule has 3 heteroatoms. The molecule has 1 heterocycles. The largest absolute Gasteiger partial charge is 0.379 e.